The predicted octanol–water partition coefficient (Wildman–Crippen LogP) is 3.52. The maximum absolute atomic E-state index is 12.3. The Morgan fingerprint density at radius 3 is 2.56 bits per heavy atom. The van der Waals surface area contributed by atoms with Gasteiger partial charge in [0.25, 0.3) is 0 Å². The molecule has 0 saturated carbocycles. The number of nitro benzene ring substituents is 1. The normalized spacial score (nSPS) is 11.3. The summed E-state index contributed by atoms with van der Waals surface area (Å²) in [5.41, 5.74) is 4.75. The molecule has 15 heteroatoms. The molecule has 0 saturated heterocycles. The number of carbonyl (C=O) groups is 2. The van der Waals surface area contributed by atoms with E-state index in [1.165, 1.54) is 23.5 Å². The SMILES string of the molecule is O=C(Nc1ccc2nc(-c3cscn3)[nH]c2c1)[AsH]c1cccc([N+](=O)[O-])c1.O=C(O)C(F)(F)F. The summed E-state index contributed by atoms with van der Waals surface area (Å²) >= 11 is 0.280. The van der Waals surface area contributed by atoms with Crippen LogP contribution in [0.1, 0.15) is 0 Å². The summed E-state index contributed by atoms with van der Waals surface area (Å²) in [7, 11) is 0. The number of nitrogens with zero attached hydrogens (tertiary/aromatic N) is 3. The van der Waals surface area contributed by atoms with Crippen LogP contribution in [0.25, 0.3) is 22.6 Å². The molecule has 0 bridgehead atoms. The number of H-pyrrole nitrogens is 1. The monoisotopic (exact) mass is 555 g/mol. The van der Waals surface area contributed by atoms with Gasteiger partial charge in [0.2, 0.25) is 0 Å². The van der Waals surface area contributed by atoms with Gasteiger partial charge in [0.15, 0.2) is 0 Å². The topological polar surface area (TPSA) is 151 Å². The van der Waals surface area contributed by atoms with Crippen LogP contribution in [0.5, 0.6) is 0 Å². The summed E-state index contributed by atoms with van der Waals surface area (Å²) < 4.78 is 32.3. The van der Waals surface area contributed by atoms with Gasteiger partial charge in [-0.3, -0.25) is 0 Å². The molecular formula is C19H13AsF3N5O5S. The first-order valence-electron chi connectivity index (χ1n) is 9.04. The summed E-state index contributed by atoms with van der Waals surface area (Å²) in [6.07, 6.45) is -5.08. The van der Waals surface area contributed by atoms with Gasteiger partial charge in [0.1, 0.15) is 0 Å². The number of nitro groups is 1. The number of non-ortho nitro benzene ring substituents is 1. The number of hydrogen-bond acceptors (Lipinski definition) is 7. The second kappa shape index (κ2) is 10.4. The van der Waals surface area contributed by atoms with Crippen LogP contribution in [0, 0.1) is 10.1 Å². The van der Waals surface area contributed by atoms with Crippen molar-refractivity contribution >= 4 is 64.5 Å². The van der Waals surface area contributed by atoms with E-state index < -0.39 is 32.8 Å². The third-order valence-corrected chi connectivity index (χ3v) is 6.56. The van der Waals surface area contributed by atoms with Crippen LogP contribution in [-0.2, 0) is 4.79 Å². The van der Waals surface area contributed by atoms with Crippen molar-refractivity contribution in [2.75, 3.05) is 5.32 Å². The van der Waals surface area contributed by atoms with Crippen LogP contribution >= 0.6 is 11.3 Å². The van der Waals surface area contributed by atoms with Crippen LogP contribution < -0.4 is 9.67 Å². The van der Waals surface area contributed by atoms with E-state index in [0.29, 0.717) is 15.9 Å². The van der Waals surface area contributed by atoms with Gasteiger partial charge in [0, 0.05) is 0 Å². The number of aliphatic carboxylic acids is 1. The van der Waals surface area contributed by atoms with Gasteiger partial charge < -0.3 is 5.11 Å². The molecule has 2 aromatic heterocycles. The van der Waals surface area contributed by atoms with E-state index >= 15 is 0 Å². The summed E-state index contributed by atoms with van der Waals surface area (Å²) in [5, 5.41) is 22.7. The molecule has 34 heavy (non-hydrogen) atoms. The number of carboxylic acids is 1. The fraction of sp³-hybridized carbons (Fsp3) is 0.0526. The first kappa shape index (κ1) is 24.9. The van der Waals surface area contributed by atoms with Crippen LogP contribution in [0.2, 0.25) is 0 Å². The Kier molecular flexibility index (Phi) is 7.64. The van der Waals surface area contributed by atoms with Gasteiger partial charge in [0.05, 0.1) is 0 Å². The molecule has 3 N–H and O–H groups in total. The number of fused-ring (bicyclic) bond motifs is 1. The Hall–Kier alpha value is -3.77. The van der Waals surface area contributed by atoms with E-state index in [9.17, 15) is 28.1 Å². The molecule has 4 rings (SSSR count). The smallest absolute Gasteiger partial charge is 0.475 e. The van der Waals surface area contributed by atoms with Gasteiger partial charge in [-0.25, -0.2) is 4.79 Å². The maximum Gasteiger partial charge on any atom is 0.490 e. The molecule has 4 aromatic rings. The summed E-state index contributed by atoms with van der Waals surface area (Å²) in [4.78, 5) is 43.5. The number of carboxylic acid groups (broad SMARTS) is 1. The molecule has 1 amide bonds. The molecule has 0 fully saturated rings. The third-order valence-electron chi connectivity index (χ3n) is 3.97. The van der Waals surface area contributed by atoms with Gasteiger partial charge >= 0.3 is 176 Å². The van der Waals surface area contributed by atoms with Crippen molar-refractivity contribution in [3.05, 3.63) is 63.5 Å². The van der Waals surface area contributed by atoms with Gasteiger partial charge in [-0.2, -0.15) is 13.2 Å². The van der Waals surface area contributed by atoms with Crippen LogP contribution in [0.3, 0.4) is 0 Å². The van der Waals surface area contributed by atoms with E-state index in [4.69, 9.17) is 9.90 Å². The molecule has 0 aliphatic carbocycles. The number of rotatable bonds is 5. The van der Waals surface area contributed by atoms with Crippen molar-refractivity contribution < 1.29 is 32.8 Å². The fourth-order valence-corrected chi connectivity index (χ4v) is 4.89. The summed E-state index contributed by atoms with van der Waals surface area (Å²) in [6, 6.07) is 11.6. The largest absolute Gasteiger partial charge is 0.490 e. The van der Waals surface area contributed by atoms with E-state index in [1.54, 1.807) is 23.7 Å². The predicted molar refractivity (Wildman–Crippen MR) is 120 cm³/mol. The standard InChI is InChI=1S/C17H12AsN5O3S.C2HF3O2/c24-17(18-10-2-1-3-12(6-10)23(25)26)20-11-4-5-13-14(7-11)22-16(21-13)15-8-27-9-19-15;3-2(4,5)1(6)7/h1-9,18H,(H,20,24)(H,21,22);(H,6,7). The van der Waals surface area contributed by atoms with Crippen molar-refractivity contribution in [1.29, 1.82) is 0 Å². The molecule has 0 spiro atoms. The molecule has 10 nitrogen and oxygen atoms in total. The third kappa shape index (κ3) is 6.62. The zero-order valence-electron chi connectivity index (χ0n) is 16.7. The first-order chi connectivity index (χ1) is 16.0. The van der Waals surface area contributed by atoms with Crippen molar-refractivity contribution in [2.45, 2.75) is 6.18 Å². The van der Waals surface area contributed by atoms with Crippen LogP contribution in [0.4, 0.5) is 29.3 Å². The van der Waals surface area contributed by atoms with Gasteiger partial charge in [-0.1, -0.05) is 0 Å². The number of aromatic nitrogens is 3. The van der Waals surface area contributed by atoms with Gasteiger partial charge in [-0.15, -0.1) is 0 Å². The Bertz CT molecular complexity index is 1340. The first-order valence-corrected chi connectivity index (χ1v) is 12.1. The Labute approximate surface area is 198 Å². The fourth-order valence-electron chi connectivity index (χ4n) is 2.53. The van der Waals surface area contributed by atoms with Crippen LogP contribution in [-0.4, -0.2) is 57.6 Å². The van der Waals surface area contributed by atoms with E-state index in [2.05, 4.69) is 20.3 Å². The number of amides is 1. The quantitative estimate of drug-likeness (QED) is 0.194. The van der Waals surface area contributed by atoms with Crippen LogP contribution in [0.15, 0.2) is 53.4 Å². The number of benzene rings is 2. The minimum atomic E-state index is -5.08. The average molecular weight is 555 g/mol. The molecule has 0 radical (unpaired) electrons. The van der Waals surface area contributed by atoms with E-state index in [-0.39, 0.29) is 10.4 Å². The molecule has 0 aliphatic heterocycles. The Balaban J connectivity index is 0.000000406. The zero-order chi connectivity index (χ0) is 24.9. The number of anilines is 1. The number of thiazole rings is 1. The second-order valence-corrected chi connectivity index (χ2v) is 9.79. The summed E-state index contributed by atoms with van der Waals surface area (Å²) in [5.74, 6) is -2.08. The average Bonchev–Trinajstić information content (AvgIpc) is 3.43. The second-order valence-electron chi connectivity index (χ2n) is 6.38. The Morgan fingerprint density at radius 2 is 1.94 bits per heavy atom. The molecule has 1 unspecified atom stereocenters. The molecule has 1 atom stereocenters. The zero-order valence-corrected chi connectivity index (χ0v) is 19.6. The minimum Gasteiger partial charge on any atom is -0.475 e. The van der Waals surface area contributed by atoms with Crippen molar-refractivity contribution in [1.82, 2.24) is 15.0 Å². The number of imidazole rings is 1. The molecule has 2 aromatic carbocycles. The van der Waals surface area contributed by atoms with Crippen molar-refractivity contribution in [2.24, 2.45) is 0 Å². The van der Waals surface area contributed by atoms with Gasteiger partial charge in [-0.05, 0) is 0 Å². The molecule has 2 heterocycles. The number of alkyl halides is 3. The molecule has 176 valence electrons. The van der Waals surface area contributed by atoms with E-state index in [1.807, 2.05) is 17.5 Å². The molecular weight excluding hydrogens is 542 g/mol. The van der Waals surface area contributed by atoms with Crippen molar-refractivity contribution in [3.8, 4) is 11.5 Å². The number of nitrogens with one attached hydrogen (secondary N) is 2. The Morgan fingerprint density at radius 1 is 1.21 bits per heavy atom. The molecule has 0 aliphatic rings. The number of hydrogen-bond donors (Lipinski definition) is 3. The number of aromatic amines is 1. The minimum absolute atomic E-state index is 0.00232. The van der Waals surface area contributed by atoms with Crippen molar-refractivity contribution in [3.63, 3.8) is 0 Å². The summed E-state index contributed by atoms with van der Waals surface area (Å²) in [6.45, 7) is 0. The van der Waals surface area contributed by atoms with E-state index in [0.717, 1.165) is 16.7 Å². The maximum atomic E-state index is 12.3. The number of halogens is 3. The number of carbonyl (C=O) groups excluding carboxylic acids is 1.